The lowest BCUT2D eigenvalue weighted by Gasteiger charge is -2.16. The number of hydrogen-bond acceptors (Lipinski definition) is 3. The van der Waals surface area contributed by atoms with Gasteiger partial charge in [-0.15, -0.1) is 11.3 Å². The first-order valence-electron chi connectivity index (χ1n) is 6.03. The third kappa shape index (κ3) is 1.93. The van der Waals surface area contributed by atoms with Crippen molar-refractivity contribution in [2.75, 3.05) is 11.4 Å². The number of thiazole rings is 1. The molecule has 1 aromatic heterocycles. The average molecular weight is 258 g/mol. The summed E-state index contributed by atoms with van der Waals surface area (Å²) in [6.45, 7) is 2.76. The van der Waals surface area contributed by atoms with Crippen LogP contribution in [0.5, 0.6) is 0 Å². The Hall–Kier alpha value is -1.68. The second-order valence-electron chi connectivity index (χ2n) is 4.46. The van der Waals surface area contributed by atoms with Gasteiger partial charge in [0.15, 0.2) is 0 Å². The Morgan fingerprint density at radius 1 is 1.44 bits per heavy atom. The highest BCUT2D eigenvalue weighted by Gasteiger charge is 2.24. The SMILES string of the molecule is Cc1ncsc1CC(=O)N1CCc2ccccc21. The zero-order valence-electron chi connectivity index (χ0n) is 10.2. The predicted molar refractivity (Wildman–Crippen MR) is 73.1 cm³/mol. The van der Waals surface area contributed by atoms with Crippen LogP contribution in [0.1, 0.15) is 16.1 Å². The van der Waals surface area contributed by atoms with Crippen LogP contribution < -0.4 is 4.90 Å². The molecule has 0 aliphatic carbocycles. The minimum absolute atomic E-state index is 0.173. The molecule has 0 N–H and O–H groups in total. The molecular formula is C14H14N2OS. The standard InChI is InChI=1S/C14H14N2OS/c1-10-13(18-9-15-10)8-14(17)16-7-6-11-4-2-3-5-12(11)16/h2-5,9H,6-8H2,1H3. The van der Waals surface area contributed by atoms with Gasteiger partial charge in [0.1, 0.15) is 0 Å². The summed E-state index contributed by atoms with van der Waals surface area (Å²) in [4.78, 5) is 19.5. The van der Waals surface area contributed by atoms with E-state index in [9.17, 15) is 4.79 Å². The average Bonchev–Trinajstić information content (AvgIpc) is 2.96. The van der Waals surface area contributed by atoms with E-state index < -0.39 is 0 Å². The van der Waals surface area contributed by atoms with Crippen LogP contribution in [0.25, 0.3) is 0 Å². The summed E-state index contributed by atoms with van der Waals surface area (Å²) < 4.78 is 0. The smallest absolute Gasteiger partial charge is 0.232 e. The molecule has 92 valence electrons. The van der Waals surface area contributed by atoms with Gasteiger partial charge < -0.3 is 4.90 Å². The number of carbonyl (C=O) groups excluding carboxylic acids is 1. The minimum atomic E-state index is 0.173. The van der Waals surface area contributed by atoms with Gasteiger partial charge in [0.2, 0.25) is 5.91 Å². The zero-order chi connectivity index (χ0) is 12.5. The van der Waals surface area contributed by atoms with Crippen LogP contribution in [0.2, 0.25) is 0 Å². The molecular weight excluding hydrogens is 244 g/mol. The fraction of sp³-hybridized carbons (Fsp3) is 0.286. The van der Waals surface area contributed by atoms with Gasteiger partial charge in [-0.2, -0.15) is 0 Å². The van der Waals surface area contributed by atoms with Crippen LogP contribution in [0.3, 0.4) is 0 Å². The van der Waals surface area contributed by atoms with Gasteiger partial charge in [-0.1, -0.05) is 18.2 Å². The Labute approximate surface area is 110 Å². The topological polar surface area (TPSA) is 33.2 Å². The summed E-state index contributed by atoms with van der Waals surface area (Å²) in [5.74, 6) is 0.173. The quantitative estimate of drug-likeness (QED) is 0.829. The van der Waals surface area contributed by atoms with E-state index in [4.69, 9.17) is 0 Å². The number of amides is 1. The van der Waals surface area contributed by atoms with Gasteiger partial charge in [0.05, 0.1) is 17.6 Å². The molecule has 18 heavy (non-hydrogen) atoms. The van der Waals surface area contributed by atoms with Crippen LogP contribution in [0, 0.1) is 6.92 Å². The van der Waals surface area contributed by atoms with Crippen LogP contribution in [-0.4, -0.2) is 17.4 Å². The fourth-order valence-corrected chi connectivity index (χ4v) is 3.09. The monoisotopic (exact) mass is 258 g/mol. The highest BCUT2D eigenvalue weighted by atomic mass is 32.1. The second-order valence-corrected chi connectivity index (χ2v) is 5.40. The fourth-order valence-electron chi connectivity index (χ4n) is 2.33. The van der Waals surface area contributed by atoms with E-state index >= 15 is 0 Å². The largest absolute Gasteiger partial charge is 0.312 e. The van der Waals surface area contributed by atoms with E-state index in [1.54, 1.807) is 16.8 Å². The number of fused-ring (bicyclic) bond motifs is 1. The van der Waals surface area contributed by atoms with E-state index in [-0.39, 0.29) is 5.91 Å². The molecule has 1 aliphatic heterocycles. The maximum absolute atomic E-state index is 12.3. The predicted octanol–water partition coefficient (Wildman–Crippen LogP) is 2.58. The number of hydrogen-bond donors (Lipinski definition) is 0. The molecule has 0 fully saturated rings. The van der Waals surface area contributed by atoms with Crippen LogP contribution in [0.15, 0.2) is 29.8 Å². The lowest BCUT2D eigenvalue weighted by Crippen LogP contribution is -2.30. The van der Waals surface area contributed by atoms with Crippen molar-refractivity contribution < 1.29 is 4.79 Å². The van der Waals surface area contributed by atoms with Gasteiger partial charge >= 0.3 is 0 Å². The molecule has 0 radical (unpaired) electrons. The number of para-hydroxylation sites is 1. The molecule has 0 bridgehead atoms. The lowest BCUT2D eigenvalue weighted by molar-refractivity contribution is -0.117. The normalized spacial score (nSPS) is 13.7. The first-order valence-corrected chi connectivity index (χ1v) is 6.91. The maximum Gasteiger partial charge on any atom is 0.232 e. The van der Waals surface area contributed by atoms with Gasteiger partial charge in [0, 0.05) is 17.1 Å². The number of benzene rings is 1. The molecule has 0 atom stereocenters. The summed E-state index contributed by atoms with van der Waals surface area (Å²) >= 11 is 1.56. The van der Waals surface area contributed by atoms with Gasteiger partial charge in [0.25, 0.3) is 0 Å². The first-order chi connectivity index (χ1) is 8.75. The Morgan fingerprint density at radius 2 is 2.28 bits per heavy atom. The molecule has 0 saturated carbocycles. The molecule has 3 nitrogen and oxygen atoms in total. The van der Waals surface area contributed by atoms with E-state index in [0.717, 1.165) is 29.2 Å². The molecule has 1 amide bonds. The number of anilines is 1. The van der Waals surface area contributed by atoms with Crippen molar-refractivity contribution in [1.82, 2.24) is 4.98 Å². The van der Waals surface area contributed by atoms with E-state index in [0.29, 0.717) is 6.42 Å². The van der Waals surface area contributed by atoms with Crippen molar-refractivity contribution in [3.8, 4) is 0 Å². The molecule has 0 saturated heterocycles. The van der Waals surface area contributed by atoms with Crippen molar-refractivity contribution in [3.05, 3.63) is 45.9 Å². The van der Waals surface area contributed by atoms with Crippen molar-refractivity contribution >= 4 is 22.9 Å². The Morgan fingerprint density at radius 3 is 3.06 bits per heavy atom. The minimum Gasteiger partial charge on any atom is -0.312 e. The molecule has 2 heterocycles. The molecule has 1 aliphatic rings. The highest BCUT2D eigenvalue weighted by molar-refractivity contribution is 7.09. The van der Waals surface area contributed by atoms with Crippen LogP contribution in [-0.2, 0) is 17.6 Å². The summed E-state index contributed by atoms with van der Waals surface area (Å²) in [6, 6.07) is 8.14. The van der Waals surface area contributed by atoms with Gasteiger partial charge in [-0.3, -0.25) is 4.79 Å². The number of carbonyl (C=O) groups is 1. The first kappa shape index (κ1) is 11.4. The van der Waals surface area contributed by atoms with E-state index in [2.05, 4.69) is 11.1 Å². The van der Waals surface area contributed by atoms with Gasteiger partial charge in [-0.05, 0) is 25.0 Å². The zero-order valence-corrected chi connectivity index (χ0v) is 11.0. The van der Waals surface area contributed by atoms with Gasteiger partial charge in [-0.25, -0.2) is 4.98 Å². The second kappa shape index (κ2) is 4.53. The summed E-state index contributed by atoms with van der Waals surface area (Å²) in [7, 11) is 0. The van der Waals surface area contributed by atoms with Crippen molar-refractivity contribution in [2.45, 2.75) is 19.8 Å². The molecule has 0 unspecified atom stereocenters. The third-order valence-corrected chi connectivity index (χ3v) is 4.28. The third-order valence-electron chi connectivity index (χ3n) is 3.34. The van der Waals surface area contributed by atoms with Crippen molar-refractivity contribution in [1.29, 1.82) is 0 Å². The summed E-state index contributed by atoms with van der Waals surface area (Å²) in [5.41, 5.74) is 5.12. The summed E-state index contributed by atoms with van der Waals surface area (Å²) in [5, 5.41) is 0. The number of rotatable bonds is 2. The van der Waals surface area contributed by atoms with Crippen molar-refractivity contribution in [3.63, 3.8) is 0 Å². The van der Waals surface area contributed by atoms with Crippen molar-refractivity contribution in [2.24, 2.45) is 0 Å². The number of nitrogens with zero attached hydrogens (tertiary/aromatic N) is 2. The Bertz CT molecular complexity index is 591. The number of aromatic nitrogens is 1. The lowest BCUT2D eigenvalue weighted by atomic mass is 10.2. The Kier molecular flexibility index (Phi) is 2.88. The Balaban J connectivity index is 1.81. The molecule has 4 heteroatoms. The van der Waals surface area contributed by atoms with E-state index in [1.165, 1.54) is 5.56 Å². The molecule has 3 rings (SSSR count). The summed E-state index contributed by atoms with van der Waals surface area (Å²) in [6.07, 6.45) is 1.43. The molecule has 0 spiro atoms. The molecule has 2 aromatic rings. The highest BCUT2D eigenvalue weighted by Crippen LogP contribution is 2.28. The van der Waals surface area contributed by atoms with Crippen LogP contribution >= 0.6 is 11.3 Å². The molecule has 1 aromatic carbocycles. The van der Waals surface area contributed by atoms with E-state index in [1.807, 2.05) is 30.0 Å². The van der Waals surface area contributed by atoms with Crippen LogP contribution in [0.4, 0.5) is 5.69 Å². The maximum atomic E-state index is 12.3. The number of aryl methyl sites for hydroxylation is 1.